The van der Waals surface area contributed by atoms with Crippen LogP contribution < -0.4 is 10.0 Å². The van der Waals surface area contributed by atoms with E-state index in [0.29, 0.717) is 10.9 Å². The summed E-state index contributed by atoms with van der Waals surface area (Å²) in [4.78, 5) is 12.6. The van der Waals surface area contributed by atoms with Crippen LogP contribution >= 0.6 is 11.6 Å². The largest absolute Gasteiger partial charge is 0.349 e. The van der Waals surface area contributed by atoms with Crippen molar-refractivity contribution in [2.75, 3.05) is 6.54 Å². The third-order valence-corrected chi connectivity index (χ3v) is 6.78. The molecule has 150 valence electrons. The van der Waals surface area contributed by atoms with Crippen LogP contribution in [0, 0.1) is 19.8 Å². The first-order chi connectivity index (χ1) is 13.3. The van der Waals surface area contributed by atoms with Crippen molar-refractivity contribution in [3.05, 3.63) is 64.2 Å². The number of hydrogen-bond acceptors (Lipinski definition) is 3. The Hall–Kier alpha value is -1.89. The fraction of sp³-hybridized carbons (Fsp3) is 0.381. The summed E-state index contributed by atoms with van der Waals surface area (Å²) < 4.78 is 27.3. The van der Waals surface area contributed by atoms with E-state index in [1.807, 2.05) is 38.1 Å². The van der Waals surface area contributed by atoms with Gasteiger partial charge in [-0.05, 0) is 73.6 Å². The normalized spacial score (nSPS) is 15.2. The van der Waals surface area contributed by atoms with Crippen molar-refractivity contribution >= 4 is 27.5 Å². The van der Waals surface area contributed by atoms with Gasteiger partial charge in [0.05, 0.1) is 10.9 Å². The lowest BCUT2D eigenvalue weighted by Gasteiger charge is -2.19. The smallest absolute Gasteiger partial charge is 0.240 e. The van der Waals surface area contributed by atoms with Gasteiger partial charge in [-0.1, -0.05) is 29.8 Å². The molecule has 2 aromatic carbocycles. The second-order valence-electron chi connectivity index (χ2n) is 7.33. The average Bonchev–Trinajstić information content (AvgIpc) is 3.47. The van der Waals surface area contributed by atoms with E-state index < -0.39 is 10.0 Å². The number of halogens is 1. The molecule has 2 N–H and O–H groups in total. The van der Waals surface area contributed by atoms with Crippen molar-refractivity contribution in [1.29, 1.82) is 0 Å². The summed E-state index contributed by atoms with van der Waals surface area (Å²) in [5, 5.41) is 3.70. The molecule has 28 heavy (non-hydrogen) atoms. The van der Waals surface area contributed by atoms with E-state index in [2.05, 4.69) is 10.0 Å². The number of rotatable bonds is 8. The van der Waals surface area contributed by atoms with Crippen LogP contribution in [0.4, 0.5) is 0 Å². The summed E-state index contributed by atoms with van der Waals surface area (Å²) in [6, 6.07) is 12.4. The van der Waals surface area contributed by atoms with Gasteiger partial charge in [0.15, 0.2) is 0 Å². The lowest BCUT2D eigenvalue weighted by molar-refractivity contribution is -0.121. The van der Waals surface area contributed by atoms with Crippen LogP contribution in [0.25, 0.3) is 0 Å². The van der Waals surface area contributed by atoms with Crippen LogP contribution in [0.1, 0.15) is 42.0 Å². The van der Waals surface area contributed by atoms with Gasteiger partial charge in [-0.3, -0.25) is 4.79 Å². The molecule has 1 atom stereocenters. The zero-order valence-electron chi connectivity index (χ0n) is 16.0. The van der Waals surface area contributed by atoms with Gasteiger partial charge in [0.2, 0.25) is 15.9 Å². The first kappa shape index (κ1) is 20.8. The van der Waals surface area contributed by atoms with Crippen LogP contribution in [-0.2, 0) is 14.8 Å². The highest BCUT2D eigenvalue weighted by Crippen LogP contribution is 2.41. The Bertz CT molecular complexity index is 954. The maximum atomic E-state index is 12.4. The third-order valence-electron chi connectivity index (χ3n) is 5.07. The Morgan fingerprint density at radius 1 is 1.11 bits per heavy atom. The molecule has 1 unspecified atom stereocenters. The highest BCUT2D eigenvalue weighted by atomic mass is 35.5. The van der Waals surface area contributed by atoms with Gasteiger partial charge in [-0.25, -0.2) is 13.1 Å². The predicted octanol–water partition coefficient (Wildman–Crippen LogP) is 3.89. The van der Waals surface area contributed by atoms with Gasteiger partial charge < -0.3 is 5.32 Å². The quantitative estimate of drug-likeness (QED) is 0.680. The molecule has 0 aromatic heterocycles. The molecule has 0 saturated heterocycles. The summed E-state index contributed by atoms with van der Waals surface area (Å²) in [6.07, 6.45) is 2.24. The van der Waals surface area contributed by atoms with Crippen molar-refractivity contribution in [2.24, 2.45) is 5.92 Å². The molecule has 0 aliphatic heterocycles. The molecule has 1 aliphatic carbocycles. The molecule has 0 spiro atoms. The number of sulfonamides is 1. The van der Waals surface area contributed by atoms with E-state index in [0.717, 1.165) is 29.5 Å². The number of carbonyl (C=O) groups excluding carboxylic acids is 1. The highest BCUT2D eigenvalue weighted by molar-refractivity contribution is 7.89. The standard InChI is InChI=1S/C21H25ClN2O3S/c1-14-3-10-19(13-15(14)2)28(26,27)23-12-11-20(25)24-21(16-4-5-16)17-6-8-18(22)9-7-17/h3,6-10,13,16,21,23H,4-5,11-12H2,1-2H3,(H,24,25). The highest BCUT2D eigenvalue weighted by Gasteiger charge is 2.33. The first-order valence-corrected chi connectivity index (χ1v) is 11.2. The van der Waals surface area contributed by atoms with Gasteiger partial charge in [0.1, 0.15) is 0 Å². The van der Waals surface area contributed by atoms with Gasteiger partial charge in [-0.2, -0.15) is 0 Å². The van der Waals surface area contributed by atoms with E-state index in [4.69, 9.17) is 11.6 Å². The molecule has 3 rings (SSSR count). The number of nitrogens with one attached hydrogen (secondary N) is 2. The molecule has 5 nitrogen and oxygen atoms in total. The van der Waals surface area contributed by atoms with Crippen LogP contribution in [0.15, 0.2) is 47.4 Å². The summed E-state index contributed by atoms with van der Waals surface area (Å²) in [5.41, 5.74) is 2.97. The maximum Gasteiger partial charge on any atom is 0.240 e. The zero-order chi connectivity index (χ0) is 20.3. The summed E-state index contributed by atoms with van der Waals surface area (Å²) in [7, 11) is -3.63. The van der Waals surface area contributed by atoms with Crippen molar-refractivity contribution in [1.82, 2.24) is 10.0 Å². The third kappa shape index (κ3) is 5.34. The molecule has 0 radical (unpaired) electrons. The Kier molecular flexibility index (Phi) is 6.43. The minimum Gasteiger partial charge on any atom is -0.349 e. The number of carbonyl (C=O) groups is 1. The van der Waals surface area contributed by atoms with Gasteiger partial charge >= 0.3 is 0 Å². The molecule has 7 heteroatoms. The molecule has 1 saturated carbocycles. The van der Waals surface area contributed by atoms with E-state index in [1.54, 1.807) is 18.2 Å². The van der Waals surface area contributed by atoms with E-state index >= 15 is 0 Å². The SMILES string of the molecule is Cc1ccc(S(=O)(=O)NCCC(=O)NC(c2ccc(Cl)cc2)C2CC2)cc1C. The first-order valence-electron chi connectivity index (χ1n) is 9.38. The van der Waals surface area contributed by atoms with Crippen LogP contribution in [-0.4, -0.2) is 20.9 Å². The molecule has 1 fully saturated rings. The van der Waals surface area contributed by atoms with Crippen LogP contribution in [0.5, 0.6) is 0 Å². The van der Waals surface area contributed by atoms with Crippen molar-refractivity contribution in [3.8, 4) is 0 Å². The van der Waals surface area contributed by atoms with Crippen LogP contribution in [0.2, 0.25) is 5.02 Å². The minimum absolute atomic E-state index is 0.0545. The molecular weight excluding hydrogens is 396 g/mol. The lowest BCUT2D eigenvalue weighted by Crippen LogP contribution is -2.33. The topological polar surface area (TPSA) is 75.3 Å². The minimum atomic E-state index is -3.63. The zero-order valence-corrected chi connectivity index (χ0v) is 17.6. The Morgan fingerprint density at radius 3 is 2.39 bits per heavy atom. The molecule has 0 heterocycles. The number of aryl methyl sites for hydroxylation is 2. The Morgan fingerprint density at radius 2 is 1.79 bits per heavy atom. The molecule has 1 amide bonds. The van der Waals surface area contributed by atoms with E-state index in [-0.39, 0.29) is 29.8 Å². The van der Waals surface area contributed by atoms with E-state index in [9.17, 15) is 13.2 Å². The van der Waals surface area contributed by atoms with Crippen molar-refractivity contribution < 1.29 is 13.2 Å². The maximum absolute atomic E-state index is 12.4. The van der Waals surface area contributed by atoms with Gasteiger partial charge in [-0.15, -0.1) is 0 Å². The molecule has 0 bridgehead atoms. The summed E-state index contributed by atoms with van der Waals surface area (Å²) in [5.74, 6) is 0.256. The number of benzene rings is 2. The van der Waals surface area contributed by atoms with E-state index in [1.165, 1.54) is 0 Å². The fourth-order valence-corrected chi connectivity index (χ4v) is 4.32. The van der Waals surface area contributed by atoms with Gasteiger partial charge in [0.25, 0.3) is 0 Å². The number of amides is 1. The van der Waals surface area contributed by atoms with Crippen molar-refractivity contribution in [3.63, 3.8) is 0 Å². The summed E-state index contributed by atoms with van der Waals surface area (Å²) in [6.45, 7) is 3.86. The van der Waals surface area contributed by atoms with Crippen LogP contribution in [0.3, 0.4) is 0 Å². The second kappa shape index (κ2) is 8.64. The lowest BCUT2D eigenvalue weighted by atomic mass is 10.0. The van der Waals surface area contributed by atoms with Crippen molar-refractivity contribution in [2.45, 2.75) is 44.0 Å². The number of hydrogen-bond donors (Lipinski definition) is 2. The molecular formula is C21H25ClN2O3S. The molecule has 1 aliphatic rings. The monoisotopic (exact) mass is 420 g/mol. The van der Waals surface area contributed by atoms with Gasteiger partial charge in [0, 0.05) is 18.0 Å². The molecule has 2 aromatic rings. The summed E-state index contributed by atoms with van der Waals surface area (Å²) >= 11 is 5.94. The Balaban J connectivity index is 1.55. The second-order valence-corrected chi connectivity index (χ2v) is 9.53. The predicted molar refractivity (Wildman–Crippen MR) is 111 cm³/mol. The fourth-order valence-electron chi connectivity index (χ4n) is 3.08. The Labute approximate surface area is 171 Å². The average molecular weight is 421 g/mol.